The van der Waals surface area contributed by atoms with Crippen LogP contribution in [-0.4, -0.2) is 23.9 Å². The van der Waals surface area contributed by atoms with Crippen LogP contribution in [0.2, 0.25) is 0 Å². The van der Waals surface area contributed by atoms with Gasteiger partial charge in [0.15, 0.2) is 0 Å². The Morgan fingerprint density at radius 1 is 0.800 bits per heavy atom. The number of nitrogens with one attached hydrogen (secondary N) is 1. The van der Waals surface area contributed by atoms with Crippen LogP contribution in [0.25, 0.3) is 10.8 Å². The summed E-state index contributed by atoms with van der Waals surface area (Å²) in [6.07, 6.45) is 0. The molecule has 0 aliphatic rings. The second-order valence-electron chi connectivity index (χ2n) is 5.17. The van der Waals surface area contributed by atoms with Gasteiger partial charge in [-0.15, -0.1) is 0 Å². The molecule has 0 radical (unpaired) electrons. The molecule has 0 aliphatic heterocycles. The Bertz CT molecular complexity index is 943. The van der Waals surface area contributed by atoms with Gasteiger partial charge in [-0.05, 0) is 54.1 Å². The van der Waals surface area contributed by atoms with E-state index in [1.807, 2.05) is 43.3 Å². The maximum atomic E-state index is 11.0. The van der Waals surface area contributed by atoms with Gasteiger partial charge in [0.1, 0.15) is 10.1 Å². The van der Waals surface area contributed by atoms with Gasteiger partial charge in [0.2, 0.25) is 0 Å². The molecule has 6 nitrogen and oxygen atoms in total. The van der Waals surface area contributed by atoms with Crippen molar-refractivity contribution in [3.63, 3.8) is 0 Å². The van der Waals surface area contributed by atoms with Crippen LogP contribution in [0.5, 0.6) is 0 Å². The monoisotopic (exact) mass is 387 g/mol. The van der Waals surface area contributed by atoms with Crippen LogP contribution in [0, 0.1) is 6.92 Å². The van der Waals surface area contributed by atoms with Crippen LogP contribution >= 0.6 is 0 Å². The summed E-state index contributed by atoms with van der Waals surface area (Å²) in [4.78, 5) is -0.209. The zero-order valence-corrected chi connectivity index (χ0v) is 17.8. The molecule has 8 heteroatoms. The summed E-state index contributed by atoms with van der Waals surface area (Å²) >= 11 is 0. The quantitative estimate of drug-likeness (QED) is 0.463. The molecule has 0 aromatic heterocycles. The van der Waals surface area contributed by atoms with Gasteiger partial charge in [-0.25, -0.2) is 8.42 Å². The molecule has 5 N–H and O–H groups in total. The van der Waals surface area contributed by atoms with Gasteiger partial charge in [-0.2, -0.15) is 0 Å². The topological polar surface area (TPSA) is 132 Å². The van der Waals surface area contributed by atoms with Crippen molar-refractivity contribution in [3.05, 3.63) is 66.2 Å². The van der Waals surface area contributed by atoms with E-state index >= 15 is 0 Å². The summed E-state index contributed by atoms with van der Waals surface area (Å²) in [7, 11) is -4.42. The summed E-state index contributed by atoms with van der Waals surface area (Å²) < 4.78 is 33.1. The Hall–Kier alpha value is -0.814. The molecule has 0 aliphatic carbocycles. The van der Waals surface area contributed by atoms with E-state index in [1.165, 1.54) is 17.7 Å². The molecular formula is C17H18KNO5S. The number of benzene rings is 3. The molecule has 3 aromatic carbocycles. The minimum atomic E-state index is -4.42. The molecule has 128 valence electrons. The van der Waals surface area contributed by atoms with Crippen molar-refractivity contribution in [2.24, 2.45) is 0 Å². The van der Waals surface area contributed by atoms with Crippen molar-refractivity contribution in [1.29, 1.82) is 0 Å². The third-order valence-corrected chi connectivity index (χ3v) is 4.27. The molecule has 0 fully saturated rings. The second kappa shape index (κ2) is 9.77. The minimum Gasteiger partial charge on any atom is -0.744 e. The van der Waals surface area contributed by atoms with Crippen molar-refractivity contribution < 1.29 is 75.3 Å². The fraction of sp³-hybridized carbons (Fsp3) is 0.0588. The van der Waals surface area contributed by atoms with Crippen molar-refractivity contribution in [3.8, 4) is 0 Å². The average Bonchev–Trinajstić information content (AvgIpc) is 2.48. The number of anilines is 2. The molecule has 0 amide bonds. The van der Waals surface area contributed by atoms with E-state index in [1.54, 1.807) is 12.1 Å². The second-order valence-corrected chi connectivity index (χ2v) is 6.55. The van der Waals surface area contributed by atoms with E-state index in [9.17, 15) is 13.0 Å². The maximum Gasteiger partial charge on any atom is 1.00 e. The molecule has 0 heterocycles. The zero-order valence-electron chi connectivity index (χ0n) is 13.9. The van der Waals surface area contributed by atoms with Gasteiger partial charge >= 0.3 is 51.4 Å². The first-order valence-electron chi connectivity index (χ1n) is 6.75. The average molecular weight is 387 g/mol. The van der Waals surface area contributed by atoms with Crippen molar-refractivity contribution in [2.45, 2.75) is 11.8 Å². The first kappa shape index (κ1) is 24.2. The molecule has 0 saturated carbocycles. The Morgan fingerprint density at radius 2 is 1.32 bits per heavy atom. The molecule has 0 spiro atoms. The van der Waals surface area contributed by atoms with Crippen molar-refractivity contribution in [2.75, 3.05) is 5.32 Å². The zero-order chi connectivity index (χ0) is 15.7. The van der Waals surface area contributed by atoms with E-state index in [-0.39, 0.29) is 67.2 Å². The number of hydrogen-bond donors (Lipinski definition) is 1. The van der Waals surface area contributed by atoms with E-state index in [0.29, 0.717) is 5.39 Å². The van der Waals surface area contributed by atoms with E-state index in [4.69, 9.17) is 0 Å². The molecule has 0 bridgehead atoms. The summed E-state index contributed by atoms with van der Waals surface area (Å²) in [6, 6.07) is 18.0. The van der Waals surface area contributed by atoms with Crippen LogP contribution in [0.15, 0.2) is 65.6 Å². The third kappa shape index (κ3) is 6.14. The Kier molecular flexibility index (Phi) is 9.45. The first-order valence-corrected chi connectivity index (χ1v) is 8.16. The van der Waals surface area contributed by atoms with Crippen LogP contribution in [0.1, 0.15) is 5.56 Å². The largest absolute Gasteiger partial charge is 1.00 e. The van der Waals surface area contributed by atoms with Crippen LogP contribution in [0.4, 0.5) is 11.4 Å². The Labute approximate surface area is 189 Å². The molecule has 0 saturated heterocycles. The fourth-order valence-electron chi connectivity index (χ4n) is 2.26. The normalized spacial score (nSPS) is 10.2. The van der Waals surface area contributed by atoms with Crippen molar-refractivity contribution in [1.82, 2.24) is 0 Å². The molecular weight excluding hydrogens is 369 g/mol. The summed E-state index contributed by atoms with van der Waals surface area (Å²) in [5.74, 6) is 0. The maximum absolute atomic E-state index is 11.0. The molecule has 3 aromatic rings. The van der Waals surface area contributed by atoms with Crippen LogP contribution in [0.3, 0.4) is 0 Å². The van der Waals surface area contributed by atoms with E-state index < -0.39 is 10.1 Å². The van der Waals surface area contributed by atoms with Gasteiger partial charge in [0.25, 0.3) is 0 Å². The molecule has 25 heavy (non-hydrogen) atoms. The smallest absolute Gasteiger partial charge is 0.744 e. The molecule has 0 unspecified atom stereocenters. The summed E-state index contributed by atoms with van der Waals surface area (Å²) in [6.45, 7) is 2.03. The van der Waals surface area contributed by atoms with E-state index in [2.05, 4.69) is 5.32 Å². The SMILES string of the molecule is Cc1ccc(Nc2ccc3cc(S(=O)(=O)[O-])ccc3c2)cc1.O.O.[K+]. The number of fused-ring (bicyclic) bond motifs is 1. The minimum absolute atomic E-state index is 0. The summed E-state index contributed by atoms with van der Waals surface area (Å²) in [5.41, 5.74) is 3.06. The molecule has 3 rings (SSSR count). The first-order chi connectivity index (χ1) is 10.4. The number of hydrogen-bond acceptors (Lipinski definition) is 4. The molecule has 0 atom stereocenters. The number of aryl methyl sites for hydroxylation is 1. The third-order valence-electron chi connectivity index (χ3n) is 3.44. The summed E-state index contributed by atoms with van der Waals surface area (Å²) in [5, 5.41) is 4.87. The Morgan fingerprint density at radius 3 is 1.92 bits per heavy atom. The van der Waals surface area contributed by atoms with Crippen LogP contribution in [-0.2, 0) is 10.1 Å². The standard InChI is InChI=1S/C17H15NO3S.K.2H2O/c1-12-2-6-15(7-3-12)18-16-8-4-14-11-17(22(19,20)21)9-5-13(14)10-16;;;/h2-11,18H,1H3,(H,19,20,21);;2*1H2/q;+1;;/p-1. The van der Waals surface area contributed by atoms with E-state index in [0.717, 1.165) is 16.8 Å². The van der Waals surface area contributed by atoms with Gasteiger partial charge < -0.3 is 20.8 Å². The van der Waals surface area contributed by atoms with Gasteiger partial charge in [-0.3, -0.25) is 0 Å². The van der Waals surface area contributed by atoms with Crippen molar-refractivity contribution >= 4 is 32.3 Å². The van der Waals surface area contributed by atoms with Gasteiger partial charge in [-0.1, -0.05) is 29.8 Å². The van der Waals surface area contributed by atoms with Gasteiger partial charge in [0.05, 0.1) is 4.90 Å². The number of rotatable bonds is 3. The predicted molar refractivity (Wildman–Crippen MR) is 93.6 cm³/mol. The fourth-order valence-corrected chi connectivity index (χ4v) is 2.77. The Balaban J connectivity index is 0.00000192. The predicted octanol–water partition coefficient (Wildman–Crippen LogP) is -0.849. The van der Waals surface area contributed by atoms with Crippen LogP contribution < -0.4 is 56.7 Å². The van der Waals surface area contributed by atoms with Gasteiger partial charge in [0, 0.05) is 11.4 Å².